The van der Waals surface area contributed by atoms with E-state index in [0.29, 0.717) is 30.3 Å². The number of aromatic nitrogens is 2. The monoisotopic (exact) mass is 469 g/mol. The molecule has 1 aromatic heterocycles. The molecule has 0 radical (unpaired) electrons. The van der Waals surface area contributed by atoms with Crippen LogP contribution in [0.5, 0.6) is 11.5 Å². The van der Waals surface area contributed by atoms with Crippen molar-refractivity contribution in [2.45, 2.75) is 44.9 Å². The van der Waals surface area contributed by atoms with Gasteiger partial charge >= 0.3 is 0 Å². The maximum absolute atomic E-state index is 11.2. The summed E-state index contributed by atoms with van der Waals surface area (Å²) in [4.78, 5) is 6.34. The molecule has 2 aromatic carbocycles. The second-order valence-corrected chi connectivity index (χ2v) is 9.32. The quantitative estimate of drug-likeness (QED) is 0.435. The van der Waals surface area contributed by atoms with E-state index in [9.17, 15) is 5.11 Å². The number of rotatable bonds is 10. The highest BCUT2D eigenvalue weighted by Crippen LogP contribution is 2.29. The average Bonchev–Trinajstić information content (AvgIpc) is 3.31. The smallest absolute Gasteiger partial charge is 0.138 e. The Hall–Kier alpha value is -2.54. The van der Waals surface area contributed by atoms with Crippen LogP contribution in [0.1, 0.15) is 30.4 Å². The minimum absolute atomic E-state index is 0.229. The van der Waals surface area contributed by atoms with Crippen LogP contribution >= 0.6 is 11.6 Å². The zero-order valence-electron chi connectivity index (χ0n) is 19.1. The Balaban J connectivity index is 1.27. The van der Waals surface area contributed by atoms with Crippen molar-refractivity contribution >= 4 is 11.6 Å². The Kier molecular flexibility index (Phi) is 7.91. The molecule has 0 amide bonds. The van der Waals surface area contributed by atoms with Crippen molar-refractivity contribution in [1.29, 1.82) is 0 Å². The van der Waals surface area contributed by atoms with Crippen molar-refractivity contribution in [3.63, 3.8) is 0 Å². The number of imidazole rings is 1. The number of nitrogens with zero attached hydrogens (tertiary/aromatic N) is 3. The van der Waals surface area contributed by atoms with Crippen LogP contribution in [-0.4, -0.2) is 51.5 Å². The average molecular weight is 470 g/mol. The van der Waals surface area contributed by atoms with E-state index in [1.54, 1.807) is 6.20 Å². The van der Waals surface area contributed by atoms with Crippen LogP contribution < -0.4 is 9.47 Å². The maximum atomic E-state index is 11.2. The van der Waals surface area contributed by atoms with Crippen LogP contribution in [0.25, 0.3) is 0 Å². The van der Waals surface area contributed by atoms with Gasteiger partial charge in [-0.2, -0.15) is 0 Å². The fourth-order valence-corrected chi connectivity index (χ4v) is 4.41. The van der Waals surface area contributed by atoms with E-state index in [0.717, 1.165) is 43.8 Å². The van der Waals surface area contributed by atoms with E-state index < -0.39 is 5.60 Å². The van der Waals surface area contributed by atoms with Crippen molar-refractivity contribution in [3.05, 3.63) is 77.3 Å². The summed E-state index contributed by atoms with van der Waals surface area (Å²) >= 11 is 6.25. The van der Waals surface area contributed by atoms with Gasteiger partial charge in [-0.05, 0) is 68.1 Å². The molecule has 3 aromatic rings. The number of likely N-dealkylation sites (tertiary alicyclic amines) is 1. The fraction of sp³-hybridized carbons (Fsp3) is 0.423. The lowest BCUT2D eigenvalue weighted by Crippen LogP contribution is -2.51. The summed E-state index contributed by atoms with van der Waals surface area (Å²) in [6.07, 6.45) is 8.13. The molecule has 2 heterocycles. The van der Waals surface area contributed by atoms with Gasteiger partial charge in [0.2, 0.25) is 0 Å². The summed E-state index contributed by atoms with van der Waals surface area (Å²) in [6.45, 7) is 6.05. The van der Waals surface area contributed by atoms with Gasteiger partial charge in [0, 0.05) is 32.0 Å². The predicted octanol–water partition coefficient (Wildman–Crippen LogP) is 4.72. The van der Waals surface area contributed by atoms with Crippen molar-refractivity contribution in [3.8, 4) is 11.5 Å². The van der Waals surface area contributed by atoms with Crippen molar-refractivity contribution in [1.82, 2.24) is 14.5 Å². The Labute approximate surface area is 200 Å². The van der Waals surface area contributed by atoms with E-state index in [1.807, 2.05) is 54.3 Å². The zero-order valence-corrected chi connectivity index (χ0v) is 19.9. The van der Waals surface area contributed by atoms with E-state index in [-0.39, 0.29) is 6.61 Å². The zero-order chi connectivity index (χ0) is 23.1. The first-order valence-electron chi connectivity index (χ1n) is 11.5. The van der Waals surface area contributed by atoms with E-state index in [2.05, 4.69) is 22.0 Å². The number of aryl methyl sites for hydroxylation is 2. The van der Waals surface area contributed by atoms with Crippen LogP contribution in [0, 0.1) is 6.92 Å². The Morgan fingerprint density at radius 1 is 1.18 bits per heavy atom. The van der Waals surface area contributed by atoms with Gasteiger partial charge in [0.1, 0.15) is 23.7 Å². The minimum atomic E-state index is -0.896. The summed E-state index contributed by atoms with van der Waals surface area (Å²) in [5.41, 5.74) is 1.36. The Morgan fingerprint density at radius 2 is 2.09 bits per heavy atom. The molecule has 0 aliphatic carbocycles. The molecule has 4 rings (SSSR count). The number of ether oxygens (including phenoxy) is 2. The molecule has 1 atom stereocenters. The number of hydrogen-bond acceptors (Lipinski definition) is 5. The molecule has 0 saturated carbocycles. The lowest BCUT2D eigenvalue weighted by molar-refractivity contribution is -0.0621. The third-order valence-corrected chi connectivity index (χ3v) is 6.22. The highest BCUT2D eigenvalue weighted by molar-refractivity contribution is 6.32. The number of halogens is 1. The molecule has 176 valence electrons. The van der Waals surface area contributed by atoms with E-state index in [4.69, 9.17) is 21.1 Å². The summed E-state index contributed by atoms with van der Waals surface area (Å²) in [5, 5.41) is 11.7. The molecule has 6 nitrogen and oxygen atoms in total. The summed E-state index contributed by atoms with van der Waals surface area (Å²) < 4.78 is 13.9. The molecule has 1 aliphatic heterocycles. The number of piperidine rings is 1. The fourth-order valence-electron chi connectivity index (χ4n) is 4.24. The molecule has 1 saturated heterocycles. The highest BCUT2D eigenvalue weighted by Gasteiger charge is 2.34. The van der Waals surface area contributed by atoms with Gasteiger partial charge in [0.15, 0.2) is 0 Å². The molecular formula is C26H32ClN3O3. The van der Waals surface area contributed by atoms with Gasteiger partial charge < -0.3 is 19.1 Å². The number of β-amino-alcohol motifs (C(OH)–C–C–N with tert-alkyl or cyclic N) is 1. The van der Waals surface area contributed by atoms with E-state index >= 15 is 0 Å². The molecule has 0 spiro atoms. The largest absolute Gasteiger partial charge is 0.494 e. The molecule has 7 heteroatoms. The molecule has 1 unspecified atom stereocenters. The molecule has 1 aliphatic rings. The van der Waals surface area contributed by atoms with Gasteiger partial charge in [-0.1, -0.05) is 29.8 Å². The first-order valence-corrected chi connectivity index (χ1v) is 11.9. The topological polar surface area (TPSA) is 59.8 Å². The summed E-state index contributed by atoms with van der Waals surface area (Å²) in [6, 6.07) is 13.9. The second-order valence-electron chi connectivity index (χ2n) is 8.91. The van der Waals surface area contributed by atoms with Crippen LogP contribution in [0.4, 0.5) is 0 Å². The van der Waals surface area contributed by atoms with Crippen molar-refractivity contribution < 1.29 is 14.6 Å². The second kappa shape index (κ2) is 11.1. The Morgan fingerprint density at radius 3 is 2.94 bits per heavy atom. The summed E-state index contributed by atoms with van der Waals surface area (Å²) in [7, 11) is 0. The normalized spacial score (nSPS) is 18.9. The lowest BCUT2D eigenvalue weighted by Gasteiger charge is -2.39. The minimum Gasteiger partial charge on any atom is -0.494 e. The standard InChI is InChI=1S/C26H32ClN3O3/c1-21-7-8-24(27)25(15-21)33-19-26(31)9-3-11-30(18-26)17-22-5-2-6-23(16-22)32-14-4-12-29-13-10-28-20-29/h2,5-8,10,13,15-16,20,31H,3-4,9,11-12,14,17-19H2,1H3. The molecule has 1 fully saturated rings. The van der Waals surface area contributed by atoms with Crippen LogP contribution in [-0.2, 0) is 13.1 Å². The van der Waals surface area contributed by atoms with Gasteiger partial charge in [-0.25, -0.2) is 4.98 Å². The lowest BCUT2D eigenvalue weighted by atomic mass is 9.93. The van der Waals surface area contributed by atoms with Crippen LogP contribution in [0.3, 0.4) is 0 Å². The number of benzene rings is 2. The maximum Gasteiger partial charge on any atom is 0.138 e. The molecule has 33 heavy (non-hydrogen) atoms. The molecule has 0 bridgehead atoms. The molecule has 1 N–H and O–H groups in total. The van der Waals surface area contributed by atoms with Gasteiger partial charge in [0.25, 0.3) is 0 Å². The third-order valence-electron chi connectivity index (χ3n) is 5.91. The van der Waals surface area contributed by atoms with Crippen molar-refractivity contribution in [2.24, 2.45) is 0 Å². The molecular weight excluding hydrogens is 438 g/mol. The number of aliphatic hydroxyl groups is 1. The van der Waals surface area contributed by atoms with Gasteiger partial charge in [0.05, 0.1) is 18.0 Å². The van der Waals surface area contributed by atoms with Crippen LogP contribution in [0.15, 0.2) is 61.2 Å². The summed E-state index contributed by atoms with van der Waals surface area (Å²) in [5.74, 6) is 1.50. The number of hydrogen-bond donors (Lipinski definition) is 1. The first-order chi connectivity index (χ1) is 16.0. The Bertz CT molecular complexity index is 1030. The van der Waals surface area contributed by atoms with Gasteiger partial charge in [-0.15, -0.1) is 0 Å². The van der Waals surface area contributed by atoms with E-state index in [1.165, 1.54) is 5.56 Å². The SMILES string of the molecule is Cc1ccc(Cl)c(OCC2(O)CCCN(Cc3cccc(OCCCn4ccnc4)c3)C2)c1. The predicted molar refractivity (Wildman–Crippen MR) is 130 cm³/mol. The highest BCUT2D eigenvalue weighted by atomic mass is 35.5. The third kappa shape index (κ3) is 6.97. The van der Waals surface area contributed by atoms with Gasteiger partial charge in [-0.3, -0.25) is 4.90 Å². The first kappa shape index (κ1) is 23.6. The van der Waals surface area contributed by atoms with Crippen LogP contribution in [0.2, 0.25) is 5.02 Å². The van der Waals surface area contributed by atoms with Crippen molar-refractivity contribution in [2.75, 3.05) is 26.3 Å².